The molecule has 1 aromatic rings. The molecule has 1 atom stereocenters. The van der Waals surface area contributed by atoms with Gasteiger partial charge in [-0.05, 0) is 24.6 Å². The molecule has 0 radical (unpaired) electrons. The van der Waals surface area contributed by atoms with Crippen molar-refractivity contribution in [2.75, 3.05) is 14.2 Å². The van der Waals surface area contributed by atoms with Gasteiger partial charge in [-0.15, -0.1) is 0 Å². The molecule has 0 aromatic heterocycles. The maximum atomic E-state index is 13.6. The second-order valence-electron chi connectivity index (χ2n) is 3.36. The van der Waals surface area contributed by atoms with Crippen LogP contribution in [-0.4, -0.2) is 20.2 Å². The van der Waals surface area contributed by atoms with Gasteiger partial charge in [0.05, 0.1) is 14.2 Å². The van der Waals surface area contributed by atoms with Crippen molar-refractivity contribution in [3.05, 3.63) is 29.1 Å². The van der Waals surface area contributed by atoms with Gasteiger partial charge in [-0.25, -0.2) is 9.18 Å². The molecule has 2 N–H and O–H groups in total. The van der Waals surface area contributed by atoms with Gasteiger partial charge in [0.25, 0.3) is 0 Å². The number of methoxy groups -OCH3 is 2. The summed E-state index contributed by atoms with van der Waals surface area (Å²) in [6, 6.07) is 2.35. The number of carbonyl (C=O) groups is 1. The second-order valence-corrected chi connectivity index (χ2v) is 3.36. The fraction of sp³-hybridized carbons (Fsp3) is 0.364. The number of halogens is 1. The van der Waals surface area contributed by atoms with Crippen molar-refractivity contribution in [1.82, 2.24) is 0 Å². The molecule has 0 aliphatic rings. The van der Waals surface area contributed by atoms with Gasteiger partial charge in [-0.3, -0.25) is 0 Å². The Bertz CT molecular complexity index is 404. The molecule has 0 bridgehead atoms. The molecule has 0 aliphatic carbocycles. The van der Waals surface area contributed by atoms with Crippen molar-refractivity contribution in [1.29, 1.82) is 0 Å². The zero-order chi connectivity index (χ0) is 12.3. The Balaban J connectivity index is 3.36. The fourth-order valence-corrected chi connectivity index (χ4v) is 1.35. The van der Waals surface area contributed by atoms with E-state index in [4.69, 9.17) is 10.5 Å². The normalized spacial score (nSPS) is 12.1. The summed E-state index contributed by atoms with van der Waals surface area (Å²) in [4.78, 5) is 11.4. The predicted molar refractivity (Wildman–Crippen MR) is 56.9 cm³/mol. The summed E-state index contributed by atoms with van der Waals surface area (Å²) in [5.41, 5.74) is 6.18. The molecular formula is C11H14FNO3. The average Bonchev–Trinajstić information content (AvgIpc) is 2.26. The van der Waals surface area contributed by atoms with Crippen LogP contribution in [0.3, 0.4) is 0 Å². The van der Waals surface area contributed by atoms with Crippen LogP contribution in [0.5, 0.6) is 5.75 Å². The van der Waals surface area contributed by atoms with Gasteiger partial charge < -0.3 is 15.2 Å². The third-order valence-corrected chi connectivity index (χ3v) is 2.20. The fourth-order valence-electron chi connectivity index (χ4n) is 1.35. The first-order valence-corrected chi connectivity index (χ1v) is 4.72. The monoisotopic (exact) mass is 227 g/mol. The molecule has 88 valence electrons. The topological polar surface area (TPSA) is 61.5 Å². The summed E-state index contributed by atoms with van der Waals surface area (Å²) in [5.74, 6) is -1.41. The van der Waals surface area contributed by atoms with Gasteiger partial charge in [-0.1, -0.05) is 0 Å². The molecule has 0 aliphatic heterocycles. The minimum Gasteiger partial charge on any atom is -0.493 e. The van der Waals surface area contributed by atoms with Crippen LogP contribution in [0.2, 0.25) is 0 Å². The number of benzene rings is 1. The van der Waals surface area contributed by atoms with Crippen molar-refractivity contribution in [2.45, 2.75) is 13.0 Å². The minimum atomic E-state index is -0.654. The van der Waals surface area contributed by atoms with Gasteiger partial charge >= 0.3 is 5.97 Å². The number of esters is 1. The minimum absolute atomic E-state index is 0.0392. The summed E-state index contributed by atoms with van der Waals surface area (Å²) in [6.07, 6.45) is 0. The summed E-state index contributed by atoms with van der Waals surface area (Å²) >= 11 is 0. The van der Waals surface area contributed by atoms with Gasteiger partial charge in [0.1, 0.15) is 5.56 Å². The van der Waals surface area contributed by atoms with Crippen LogP contribution < -0.4 is 10.5 Å². The van der Waals surface area contributed by atoms with Gasteiger partial charge in [0.2, 0.25) is 0 Å². The lowest BCUT2D eigenvalue weighted by molar-refractivity contribution is 0.0596. The Kier molecular flexibility index (Phi) is 3.84. The molecule has 0 saturated carbocycles. The van der Waals surface area contributed by atoms with Crippen LogP contribution in [0.1, 0.15) is 28.9 Å². The number of nitrogens with two attached hydrogens (primary N) is 1. The van der Waals surface area contributed by atoms with Crippen LogP contribution in [0.25, 0.3) is 0 Å². The molecule has 1 rings (SSSR count). The standard InChI is InChI=1S/C11H14FNO3/c1-6(13)7-4-8(11(14)16-3)10(15-2)9(12)5-7/h4-6H,13H2,1-3H3. The second kappa shape index (κ2) is 4.94. The number of rotatable bonds is 3. The number of ether oxygens (including phenoxy) is 2. The van der Waals surface area contributed by atoms with Gasteiger partial charge in [-0.2, -0.15) is 0 Å². The molecule has 1 aromatic carbocycles. The van der Waals surface area contributed by atoms with Crippen LogP contribution in [0.15, 0.2) is 12.1 Å². The molecule has 1 unspecified atom stereocenters. The Morgan fingerprint density at radius 2 is 2.06 bits per heavy atom. The Morgan fingerprint density at radius 3 is 2.50 bits per heavy atom. The van der Waals surface area contributed by atoms with Crippen molar-refractivity contribution in [3.63, 3.8) is 0 Å². The molecule has 0 amide bonds. The lowest BCUT2D eigenvalue weighted by Crippen LogP contribution is -2.11. The van der Waals surface area contributed by atoms with Crippen LogP contribution >= 0.6 is 0 Å². The van der Waals surface area contributed by atoms with E-state index in [-0.39, 0.29) is 17.4 Å². The summed E-state index contributed by atoms with van der Waals surface area (Å²) in [7, 11) is 2.51. The molecule has 16 heavy (non-hydrogen) atoms. The van der Waals surface area contributed by atoms with E-state index in [0.717, 1.165) is 0 Å². The zero-order valence-corrected chi connectivity index (χ0v) is 9.41. The van der Waals surface area contributed by atoms with Gasteiger partial charge in [0.15, 0.2) is 11.6 Å². The highest BCUT2D eigenvalue weighted by Gasteiger charge is 2.19. The van der Waals surface area contributed by atoms with Crippen LogP contribution in [-0.2, 0) is 4.74 Å². The van der Waals surface area contributed by atoms with E-state index >= 15 is 0 Å². The van der Waals surface area contributed by atoms with Crippen molar-refractivity contribution < 1.29 is 18.7 Å². The predicted octanol–water partition coefficient (Wildman–Crippen LogP) is 1.64. The van der Waals surface area contributed by atoms with Crippen molar-refractivity contribution >= 4 is 5.97 Å². The van der Waals surface area contributed by atoms with E-state index in [1.54, 1.807) is 6.92 Å². The zero-order valence-electron chi connectivity index (χ0n) is 9.41. The number of hydrogen-bond donors (Lipinski definition) is 1. The molecule has 0 heterocycles. The summed E-state index contributed by atoms with van der Waals surface area (Å²) in [6.45, 7) is 1.70. The summed E-state index contributed by atoms with van der Waals surface area (Å²) in [5, 5.41) is 0. The van der Waals surface area contributed by atoms with E-state index in [1.165, 1.54) is 26.4 Å². The molecule has 0 fully saturated rings. The maximum absolute atomic E-state index is 13.6. The summed E-state index contributed by atoms with van der Waals surface area (Å²) < 4.78 is 22.9. The van der Waals surface area contributed by atoms with E-state index < -0.39 is 11.8 Å². The van der Waals surface area contributed by atoms with E-state index in [0.29, 0.717) is 5.56 Å². The quantitative estimate of drug-likeness (QED) is 0.797. The molecule has 5 heteroatoms. The molecule has 4 nitrogen and oxygen atoms in total. The third-order valence-electron chi connectivity index (χ3n) is 2.20. The van der Waals surface area contributed by atoms with Crippen LogP contribution in [0.4, 0.5) is 4.39 Å². The van der Waals surface area contributed by atoms with E-state index in [1.807, 2.05) is 0 Å². The largest absolute Gasteiger partial charge is 0.493 e. The Hall–Kier alpha value is -1.62. The number of carbonyl (C=O) groups excluding carboxylic acids is 1. The number of hydrogen-bond acceptors (Lipinski definition) is 4. The highest BCUT2D eigenvalue weighted by molar-refractivity contribution is 5.92. The first kappa shape index (κ1) is 12.4. The highest BCUT2D eigenvalue weighted by atomic mass is 19.1. The Morgan fingerprint density at radius 1 is 1.44 bits per heavy atom. The molecule has 0 spiro atoms. The maximum Gasteiger partial charge on any atom is 0.341 e. The molecular weight excluding hydrogens is 213 g/mol. The first-order valence-electron chi connectivity index (χ1n) is 4.72. The first-order chi connectivity index (χ1) is 7.51. The third kappa shape index (κ3) is 2.30. The lowest BCUT2D eigenvalue weighted by Gasteiger charge is -2.12. The van der Waals surface area contributed by atoms with Crippen LogP contribution in [0, 0.1) is 5.82 Å². The van der Waals surface area contributed by atoms with Gasteiger partial charge in [0, 0.05) is 6.04 Å². The van der Waals surface area contributed by atoms with Crippen molar-refractivity contribution in [3.8, 4) is 5.75 Å². The Labute approximate surface area is 93.2 Å². The highest BCUT2D eigenvalue weighted by Crippen LogP contribution is 2.27. The lowest BCUT2D eigenvalue weighted by atomic mass is 10.0. The SMILES string of the molecule is COC(=O)c1cc(C(C)N)cc(F)c1OC. The molecule has 0 saturated heterocycles. The average molecular weight is 227 g/mol. The van der Waals surface area contributed by atoms with E-state index in [9.17, 15) is 9.18 Å². The smallest absolute Gasteiger partial charge is 0.341 e. The van der Waals surface area contributed by atoms with Crippen molar-refractivity contribution in [2.24, 2.45) is 5.73 Å². The van der Waals surface area contributed by atoms with E-state index in [2.05, 4.69) is 4.74 Å².